The van der Waals surface area contributed by atoms with E-state index in [0.29, 0.717) is 0 Å². The van der Waals surface area contributed by atoms with Gasteiger partial charge in [0.25, 0.3) is 0 Å². The maximum absolute atomic E-state index is 7.00. The minimum atomic E-state index is 1.00. The molecular formula is C11H24O. The van der Waals surface area contributed by atoms with E-state index in [1.807, 2.05) is 0 Å². The zero-order chi connectivity index (χ0) is 9.23. The van der Waals surface area contributed by atoms with Crippen LogP contribution in [-0.4, -0.2) is 12.2 Å². The van der Waals surface area contributed by atoms with Gasteiger partial charge in [0.15, 0.2) is 0 Å². The minimum absolute atomic E-state index is 1.00. The van der Waals surface area contributed by atoms with Crippen LogP contribution in [0.4, 0.5) is 0 Å². The summed E-state index contributed by atoms with van der Waals surface area (Å²) in [7, 11) is 1.00. The average molecular weight is 172 g/mol. The highest BCUT2D eigenvalue weighted by Crippen LogP contribution is 2.27. The molecule has 1 nitrogen and oxygen atoms in total. The molecule has 0 aromatic carbocycles. The van der Waals surface area contributed by atoms with E-state index in [2.05, 4.69) is 6.92 Å². The molecule has 1 aliphatic rings. The minimum Gasteiger partial charge on any atom is -0.400 e. The smallest absolute Gasteiger partial charge is 0.0319 e. The van der Waals surface area contributed by atoms with E-state index >= 15 is 0 Å². The molecule has 1 fully saturated rings. The van der Waals surface area contributed by atoms with Crippen molar-refractivity contribution in [3.05, 3.63) is 0 Å². The van der Waals surface area contributed by atoms with Crippen molar-refractivity contribution in [3.63, 3.8) is 0 Å². The van der Waals surface area contributed by atoms with Crippen LogP contribution in [-0.2, 0) is 0 Å². The molecule has 0 saturated heterocycles. The summed E-state index contributed by atoms with van der Waals surface area (Å²) in [4.78, 5) is 0. The van der Waals surface area contributed by atoms with Gasteiger partial charge in [-0.25, -0.2) is 0 Å². The van der Waals surface area contributed by atoms with Crippen molar-refractivity contribution < 1.29 is 5.11 Å². The van der Waals surface area contributed by atoms with Crippen molar-refractivity contribution >= 4 is 0 Å². The predicted molar refractivity (Wildman–Crippen MR) is 54.2 cm³/mol. The summed E-state index contributed by atoms with van der Waals surface area (Å²) >= 11 is 0. The average Bonchev–Trinajstić information content (AvgIpc) is 2.19. The highest BCUT2D eigenvalue weighted by atomic mass is 16.2. The SMILES string of the molecule is CCCCC1CCCCC1.CO. The fraction of sp³-hybridized carbons (Fsp3) is 1.00. The first-order valence-electron chi connectivity index (χ1n) is 5.38. The largest absolute Gasteiger partial charge is 0.400 e. The van der Waals surface area contributed by atoms with Gasteiger partial charge in [0, 0.05) is 7.11 Å². The maximum atomic E-state index is 7.00. The summed E-state index contributed by atoms with van der Waals surface area (Å²) < 4.78 is 0. The monoisotopic (exact) mass is 172 g/mol. The van der Waals surface area contributed by atoms with Crippen LogP contribution in [0.5, 0.6) is 0 Å². The molecule has 74 valence electrons. The van der Waals surface area contributed by atoms with Gasteiger partial charge in [0.2, 0.25) is 0 Å². The fourth-order valence-corrected chi connectivity index (χ4v) is 1.97. The zero-order valence-electron chi connectivity index (χ0n) is 8.68. The lowest BCUT2D eigenvalue weighted by Crippen LogP contribution is -2.05. The number of hydrogen-bond donors (Lipinski definition) is 1. The number of hydrogen-bond acceptors (Lipinski definition) is 1. The standard InChI is InChI=1S/C10H20.CH4O/c1-2-3-7-10-8-5-4-6-9-10;1-2/h10H,2-9H2,1H3;2H,1H3. The maximum Gasteiger partial charge on any atom is 0.0319 e. The zero-order valence-corrected chi connectivity index (χ0v) is 8.68. The Morgan fingerprint density at radius 3 is 2.17 bits per heavy atom. The number of unbranched alkanes of at least 4 members (excludes halogenated alkanes) is 1. The Balaban J connectivity index is 0.000000561. The lowest BCUT2D eigenvalue weighted by Gasteiger charge is -2.20. The third-order valence-electron chi connectivity index (χ3n) is 2.69. The van der Waals surface area contributed by atoms with Crippen molar-refractivity contribution in [3.8, 4) is 0 Å². The highest BCUT2D eigenvalue weighted by molar-refractivity contribution is 4.65. The van der Waals surface area contributed by atoms with Crippen LogP contribution in [0.2, 0.25) is 0 Å². The van der Waals surface area contributed by atoms with Gasteiger partial charge in [0.1, 0.15) is 0 Å². The van der Waals surface area contributed by atoms with Crippen LogP contribution >= 0.6 is 0 Å². The summed E-state index contributed by atoms with van der Waals surface area (Å²) in [6, 6.07) is 0. The fourth-order valence-electron chi connectivity index (χ4n) is 1.97. The molecule has 0 spiro atoms. The van der Waals surface area contributed by atoms with Gasteiger partial charge in [-0.2, -0.15) is 0 Å². The molecule has 1 heteroatoms. The Labute approximate surface area is 77.2 Å². The van der Waals surface area contributed by atoms with Crippen molar-refractivity contribution in [2.24, 2.45) is 5.92 Å². The molecule has 1 N–H and O–H groups in total. The number of aliphatic hydroxyl groups is 1. The van der Waals surface area contributed by atoms with Crippen LogP contribution in [0.1, 0.15) is 58.3 Å². The van der Waals surface area contributed by atoms with Crippen molar-refractivity contribution in [1.29, 1.82) is 0 Å². The van der Waals surface area contributed by atoms with E-state index in [4.69, 9.17) is 5.11 Å². The van der Waals surface area contributed by atoms with Crippen molar-refractivity contribution in [2.75, 3.05) is 7.11 Å². The van der Waals surface area contributed by atoms with E-state index in [0.717, 1.165) is 13.0 Å². The summed E-state index contributed by atoms with van der Waals surface area (Å²) in [6.07, 6.45) is 11.9. The first-order valence-corrected chi connectivity index (χ1v) is 5.38. The Bertz CT molecular complexity index is 75.1. The molecule has 0 atom stereocenters. The number of aliphatic hydroxyl groups excluding tert-OH is 1. The third kappa shape index (κ3) is 5.59. The molecule has 1 saturated carbocycles. The Morgan fingerprint density at radius 2 is 1.67 bits per heavy atom. The second-order valence-electron chi connectivity index (χ2n) is 3.65. The molecular weight excluding hydrogens is 148 g/mol. The number of rotatable bonds is 3. The topological polar surface area (TPSA) is 20.2 Å². The molecule has 1 rings (SSSR count). The van der Waals surface area contributed by atoms with E-state index < -0.39 is 0 Å². The van der Waals surface area contributed by atoms with Crippen molar-refractivity contribution in [1.82, 2.24) is 0 Å². The molecule has 0 aromatic rings. The summed E-state index contributed by atoms with van der Waals surface area (Å²) in [6.45, 7) is 2.29. The highest BCUT2D eigenvalue weighted by Gasteiger charge is 2.11. The first kappa shape index (κ1) is 12.0. The van der Waals surface area contributed by atoms with Gasteiger partial charge in [-0.05, 0) is 5.92 Å². The summed E-state index contributed by atoms with van der Waals surface area (Å²) in [5, 5.41) is 7.00. The van der Waals surface area contributed by atoms with E-state index in [9.17, 15) is 0 Å². The van der Waals surface area contributed by atoms with Crippen LogP contribution < -0.4 is 0 Å². The molecule has 0 amide bonds. The Kier molecular flexibility index (Phi) is 9.02. The van der Waals surface area contributed by atoms with Gasteiger partial charge in [-0.3, -0.25) is 0 Å². The second-order valence-corrected chi connectivity index (χ2v) is 3.65. The Morgan fingerprint density at radius 1 is 1.08 bits per heavy atom. The van der Waals surface area contributed by atoms with E-state index in [1.165, 1.54) is 51.4 Å². The normalized spacial score (nSPS) is 18.2. The lowest BCUT2D eigenvalue weighted by molar-refractivity contribution is 0.331. The second kappa shape index (κ2) is 9.05. The summed E-state index contributed by atoms with van der Waals surface area (Å²) in [5.41, 5.74) is 0. The van der Waals surface area contributed by atoms with Crippen LogP contribution in [0.25, 0.3) is 0 Å². The van der Waals surface area contributed by atoms with Crippen LogP contribution in [0.3, 0.4) is 0 Å². The third-order valence-corrected chi connectivity index (χ3v) is 2.69. The van der Waals surface area contributed by atoms with Gasteiger partial charge < -0.3 is 5.11 Å². The predicted octanol–water partition coefficient (Wildman–Crippen LogP) is 3.37. The van der Waals surface area contributed by atoms with Gasteiger partial charge >= 0.3 is 0 Å². The van der Waals surface area contributed by atoms with Crippen molar-refractivity contribution in [2.45, 2.75) is 58.3 Å². The van der Waals surface area contributed by atoms with E-state index in [1.54, 1.807) is 0 Å². The van der Waals surface area contributed by atoms with Gasteiger partial charge in [-0.15, -0.1) is 0 Å². The molecule has 0 bridgehead atoms. The molecule has 0 unspecified atom stereocenters. The van der Waals surface area contributed by atoms with E-state index in [-0.39, 0.29) is 0 Å². The molecule has 0 radical (unpaired) electrons. The molecule has 12 heavy (non-hydrogen) atoms. The first-order chi connectivity index (χ1) is 5.93. The molecule has 1 aliphatic carbocycles. The molecule has 0 heterocycles. The lowest BCUT2D eigenvalue weighted by atomic mass is 9.86. The Hall–Kier alpha value is -0.0400. The van der Waals surface area contributed by atoms with Gasteiger partial charge in [-0.1, -0.05) is 58.3 Å². The molecule has 0 aromatic heterocycles. The van der Waals surface area contributed by atoms with Crippen LogP contribution in [0, 0.1) is 5.92 Å². The van der Waals surface area contributed by atoms with Crippen LogP contribution in [0.15, 0.2) is 0 Å². The molecule has 0 aliphatic heterocycles. The van der Waals surface area contributed by atoms with Gasteiger partial charge in [0.05, 0.1) is 0 Å². The summed E-state index contributed by atoms with van der Waals surface area (Å²) in [5.74, 6) is 1.11. The quantitative estimate of drug-likeness (QED) is 0.692.